The number of imidazole rings is 1. The molecule has 5 fully saturated rings. The number of amides is 2. The Morgan fingerprint density at radius 1 is 0.926 bits per heavy atom. The van der Waals surface area contributed by atoms with E-state index in [1.807, 2.05) is 4.90 Å². The van der Waals surface area contributed by atoms with Crippen molar-refractivity contribution in [1.29, 1.82) is 0 Å². The van der Waals surface area contributed by atoms with Crippen molar-refractivity contribution in [3.05, 3.63) is 64.0 Å². The Kier molecular flexibility index (Phi) is 12.1. The molecule has 23 heteroatoms. The fourth-order valence-corrected chi connectivity index (χ4v) is 13.1. The lowest BCUT2D eigenvalue weighted by Gasteiger charge is -2.52. The minimum atomic E-state index is -5.08. The molecule has 6 heterocycles. The van der Waals surface area contributed by atoms with Crippen LogP contribution >= 0.6 is 0 Å². The van der Waals surface area contributed by atoms with Crippen molar-refractivity contribution in [2.75, 3.05) is 60.9 Å². The molecule has 3 N–H and O–H groups in total. The number of halogens is 7. The number of piperidine rings is 4. The summed E-state index contributed by atoms with van der Waals surface area (Å²) in [5, 5.41) is 14.7. The average molecular weight is 980 g/mol. The van der Waals surface area contributed by atoms with Gasteiger partial charge in [0.25, 0.3) is 0 Å². The molecule has 2 unspecified atom stereocenters. The highest BCUT2D eigenvalue weighted by molar-refractivity contribution is 7.92. The molecule has 4 aliphatic heterocycles. The second-order valence-corrected chi connectivity index (χ2v) is 21.6. The zero-order chi connectivity index (χ0) is 48.7. The zero-order valence-corrected chi connectivity index (χ0v) is 38.2. The molecule has 2 aromatic carbocycles. The fourth-order valence-electron chi connectivity index (χ4n) is 10.9. The van der Waals surface area contributed by atoms with Gasteiger partial charge in [0.2, 0.25) is 17.8 Å². The highest BCUT2D eigenvalue weighted by atomic mass is 32.2. The van der Waals surface area contributed by atoms with E-state index in [0.29, 0.717) is 54.8 Å². The number of alkyl halides is 6. The van der Waals surface area contributed by atoms with Crippen molar-refractivity contribution in [1.82, 2.24) is 29.3 Å². The summed E-state index contributed by atoms with van der Waals surface area (Å²) >= 11 is 0. The van der Waals surface area contributed by atoms with Crippen LogP contribution < -0.4 is 26.1 Å². The Morgan fingerprint density at radius 3 is 2.28 bits per heavy atom. The first kappa shape index (κ1) is 47.8. The second-order valence-electron chi connectivity index (χ2n) is 19.3. The van der Waals surface area contributed by atoms with Gasteiger partial charge in [0.1, 0.15) is 22.9 Å². The number of sulfone groups is 1. The molecule has 2 amide bonds. The van der Waals surface area contributed by atoms with Crippen LogP contribution in [0.5, 0.6) is 0 Å². The number of aliphatic hydroxyl groups is 1. The van der Waals surface area contributed by atoms with E-state index in [1.165, 1.54) is 34.4 Å². The lowest BCUT2D eigenvalue weighted by Crippen LogP contribution is -2.57. The first-order valence-corrected chi connectivity index (χ1v) is 24.3. The minimum Gasteiger partial charge on any atom is -0.379 e. The number of β-amino-alcohol motifs (C(OH)–C–C–N with tert-alkyl or cyclic N) is 1. The monoisotopic (exact) mass is 979 g/mol. The number of imide groups is 1. The third kappa shape index (κ3) is 8.70. The molecule has 0 bridgehead atoms. The van der Waals surface area contributed by atoms with Crippen LogP contribution in [-0.4, -0.2) is 112 Å². The molecular formula is C45H52F7N9O6S. The SMILES string of the molecule is Cc1cc(S(=O)(=O)C2CC3(CCN(CC4CCN(c5ccc6c(c5F)n(C)c(=O)n6C5CCC(=O)NC5=O)CC4)CC3)C2)ccc1Nc1ncc(C(F)(F)F)c(N2CCCC(O)(C(F)(F)F)C2)n1. The lowest BCUT2D eigenvalue weighted by atomic mass is 9.63. The number of rotatable bonds is 9. The third-order valence-corrected chi connectivity index (χ3v) is 17.1. The second kappa shape index (κ2) is 17.3. The first-order chi connectivity index (χ1) is 32.0. The number of aromatic nitrogens is 4. The number of hydrogen-bond donors (Lipinski definition) is 3. The average Bonchev–Trinajstić information content (AvgIpc) is 3.52. The van der Waals surface area contributed by atoms with Gasteiger partial charge in [0.05, 0.1) is 27.9 Å². The number of likely N-dealkylation sites (tertiary alicyclic amines) is 1. The lowest BCUT2D eigenvalue weighted by molar-refractivity contribution is -0.261. The molecule has 368 valence electrons. The maximum atomic E-state index is 16.2. The van der Waals surface area contributed by atoms with E-state index < -0.39 is 86.8 Å². The molecule has 4 aromatic rings. The van der Waals surface area contributed by atoms with Crippen LogP contribution in [0.4, 0.5) is 53.9 Å². The van der Waals surface area contributed by atoms with Gasteiger partial charge in [-0.25, -0.2) is 22.6 Å². The van der Waals surface area contributed by atoms with E-state index in [2.05, 4.69) is 25.5 Å². The summed E-state index contributed by atoms with van der Waals surface area (Å²) < 4.78 is 129. The number of nitrogens with one attached hydrogen (secondary N) is 2. The van der Waals surface area contributed by atoms with Gasteiger partial charge in [-0.05, 0) is 125 Å². The van der Waals surface area contributed by atoms with Gasteiger partial charge in [0.15, 0.2) is 21.3 Å². The van der Waals surface area contributed by atoms with Gasteiger partial charge in [-0.1, -0.05) is 0 Å². The van der Waals surface area contributed by atoms with Crippen LogP contribution in [0.25, 0.3) is 11.0 Å². The van der Waals surface area contributed by atoms with Gasteiger partial charge >= 0.3 is 18.0 Å². The first-order valence-electron chi connectivity index (χ1n) is 22.8. The quantitative estimate of drug-likeness (QED) is 0.129. The Morgan fingerprint density at radius 2 is 1.63 bits per heavy atom. The smallest absolute Gasteiger partial charge is 0.379 e. The van der Waals surface area contributed by atoms with Gasteiger partial charge in [0, 0.05) is 51.5 Å². The largest absolute Gasteiger partial charge is 0.421 e. The highest BCUT2D eigenvalue weighted by Gasteiger charge is 2.56. The summed E-state index contributed by atoms with van der Waals surface area (Å²) in [6.45, 7) is 4.00. The molecule has 68 heavy (non-hydrogen) atoms. The minimum absolute atomic E-state index is 0.0825. The highest BCUT2D eigenvalue weighted by Crippen LogP contribution is 2.53. The standard InChI is InChI=1S/C45H52F7N9O6S/c1-26-20-28(4-5-31(26)54-40-53-23-30(44(47,48)49)38(56-40)60-15-3-12-43(65,25-60)45(50,51)52)68(66,67)29-21-42(22-29)13-18-58(19-14-42)24-27-10-16-59(17-11-27)32-6-7-33-37(36(32)46)57(2)41(64)61(33)34-8-9-35(62)55-39(34)63/h4-7,20,23,27,29,34,65H,3,8-19,21-22,24-25H2,1-2H3,(H,53,54,56)(H,55,62,63). The van der Waals surface area contributed by atoms with E-state index >= 15 is 4.39 Å². The van der Waals surface area contributed by atoms with E-state index in [4.69, 9.17) is 0 Å². The molecule has 2 atom stereocenters. The van der Waals surface area contributed by atoms with E-state index in [-0.39, 0.29) is 53.3 Å². The molecular weight excluding hydrogens is 928 g/mol. The van der Waals surface area contributed by atoms with Crippen LogP contribution in [0.1, 0.15) is 81.4 Å². The molecule has 0 radical (unpaired) electrons. The number of carbonyl (C=O) groups excluding carboxylic acids is 2. The summed E-state index contributed by atoms with van der Waals surface area (Å²) in [6, 6.07) is 6.72. The Hall–Kier alpha value is -5.29. The predicted molar refractivity (Wildman–Crippen MR) is 236 cm³/mol. The van der Waals surface area contributed by atoms with Crippen LogP contribution in [-0.2, 0) is 32.7 Å². The topological polar surface area (TPSA) is 175 Å². The van der Waals surface area contributed by atoms with Gasteiger partial charge in [-0.3, -0.25) is 24.0 Å². The molecule has 1 aliphatic carbocycles. The summed E-state index contributed by atoms with van der Waals surface area (Å²) in [5.74, 6) is -2.32. The van der Waals surface area contributed by atoms with Gasteiger partial charge in [-0.15, -0.1) is 0 Å². The number of fused-ring (bicyclic) bond motifs is 1. The van der Waals surface area contributed by atoms with Crippen molar-refractivity contribution in [2.24, 2.45) is 18.4 Å². The maximum absolute atomic E-state index is 16.2. The number of hydrogen-bond acceptors (Lipinski definition) is 12. The Labute approximate surface area is 386 Å². The van der Waals surface area contributed by atoms with Crippen LogP contribution in [0.3, 0.4) is 0 Å². The summed E-state index contributed by atoms with van der Waals surface area (Å²) in [6.07, 6.45) is -5.89. The number of aryl methyl sites for hydroxylation is 2. The number of benzene rings is 2. The Bertz CT molecular complexity index is 2810. The summed E-state index contributed by atoms with van der Waals surface area (Å²) in [4.78, 5) is 50.5. The van der Waals surface area contributed by atoms with Crippen molar-refractivity contribution in [3.63, 3.8) is 0 Å². The third-order valence-electron chi connectivity index (χ3n) is 15.0. The van der Waals surface area contributed by atoms with Gasteiger partial charge < -0.3 is 25.1 Å². The summed E-state index contributed by atoms with van der Waals surface area (Å²) in [7, 11) is -2.27. The molecule has 4 saturated heterocycles. The van der Waals surface area contributed by atoms with Crippen LogP contribution in [0.2, 0.25) is 0 Å². The van der Waals surface area contributed by atoms with E-state index in [1.54, 1.807) is 19.1 Å². The molecule has 15 nitrogen and oxygen atoms in total. The van der Waals surface area contributed by atoms with Crippen molar-refractivity contribution in [3.8, 4) is 0 Å². The zero-order valence-electron chi connectivity index (χ0n) is 37.4. The van der Waals surface area contributed by atoms with E-state index in [9.17, 15) is 54.3 Å². The maximum Gasteiger partial charge on any atom is 0.421 e. The molecule has 1 saturated carbocycles. The predicted octanol–water partition coefficient (Wildman–Crippen LogP) is 6.15. The number of anilines is 4. The fraction of sp³-hybridized carbons (Fsp3) is 0.578. The molecule has 5 aliphatic rings. The normalized spacial score (nSPS) is 23.6. The van der Waals surface area contributed by atoms with Gasteiger partial charge in [-0.2, -0.15) is 31.3 Å². The molecule has 9 rings (SSSR count). The van der Waals surface area contributed by atoms with Crippen LogP contribution in [0, 0.1) is 24.1 Å². The molecule has 2 aromatic heterocycles. The number of carbonyl (C=O) groups is 2. The summed E-state index contributed by atoms with van der Waals surface area (Å²) in [5.41, 5.74) is -3.72. The van der Waals surface area contributed by atoms with E-state index in [0.717, 1.165) is 50.2 Å². The van der Waals surface area contributed by atoms with Crippen LogP contribution in [0.15, 0.2) is 46.2 Å². The Balaban J connectivity index is 0.777. The van der Waals surface area contributed by atoms with Crippen molar-refractivity contribution in [2.45, 2.75) is 105 Å². The molecule has 1 spiro atoms. The number of nitrogens with zero attached hydrogens (tertiary/aromatic N) is 7. The van der Waals surface area contributed by atoms with Crippen molar-refractivity contribution < 1.29 is 53.8 Å². The van der Waals surface area contributed by atoms with Crippen molar-refractivity contribution >= 4 is 55.8 Å².